The van der Waals surface area contributed by atoms with E-state index in [1.165, 1.54) is 25.0 Å². The van der Waals surface area contributed by atoms with Gasteiger partial charge < -0.3 is 24.8 Å². The van der Waals surface area contributed by atoms with Crippen molar-refractivity contribution in [2.45, 2.75) is 44.8 Å². The third-order valence-electron chi connectivity index (χ3n) is 9.34. The van der Waals surface area contributed by atoms with Crippen LogP contribution >= 0.6 is 0 Å². The molecule has 0 unspecified atom stereocenters. The molecule has 1 aliphatic rings. The SMILES string of the molecule is O=C(NCCN1CCCC1)c1cccc(-c2cccc(CN(CCc3ccc(OC(=O)C(F)(F)F)cc3)C(=O)CCc3c[nH]c4ccccc34)c2)c1. The lowest BCUT2D eigenvalue weighted by Gasteiger charge is -2.24. The predicted molar refractivity (Wildman–Crippen MR) is 194 cm³/mol. The van der Waals surface area contributed by atoms with Crippen molar-refractivity contribution in [1.29, 1.82) is 0 Å². The van der Waals surface area contributed by atoms with E-state index in [4.69, 9.17) is 0 Å². The largest absolute Gasteiger partial charge is 0.491 e. The third-order valence-corrected chi connectivity index (χ3v) is 9.34. The highest BCUT2D eigenvalue weighted by atomic mass is 19.4. The van der Waals surface area contributed by atoms with Crippen molar-refractivity contribution in [3.8, 4) is 16.9 Å². The molecule has 11 heteroatoms. The Bertz CT molecular complexity index is 2000. The summed E-state index contributed by atoms with van der Waals surface area (Å²) in [6, 6.07) is 29.1. The van der Waals surface area contributed by atoms with Gasteiger partial charge in [-0.05, 0) is 103 Å². The summed E-state index contributed by atoms with van der Waals surface area (Å²) in [6.45, 7) is 4.28. The number of H-pyrrole nitrogens is 1. The number of carbonyl (C=O) groups excluding carboxylic acids is 3. The molecule has 1 fully saturated rings. The fourth-order valence-corrected chi connectivity index (χ4v) is 6.53. The number of amides is 2. The van der Waals surface area contributed by atoms with Crippen LogP contribution in [-0.4, -0.2) is 71.5 Å². The van der Waals surface area contributed by atoms with Crippen molar-refractivity contribution in [3.05, 3.63) is 126 Å². The van der Waals surface area contributed by atoms with Crippen molar-refractivity contribution >= 4 is 28.7 Å². The number of nitrogens with one attached hydrogen (secondary N) is 2. The number of fused-ring (bicyclic) bond motifs is 1. The molecule has 2 amide bonds. The number of hydrogen-bond donors (Lipinski definition) is 2. The van der Waals surface area contributed by atoms with E-state index in [0.29, 0.717) is 38.0 Å². The Balaban J connectivity index is 1.14. The number of hydrogen-bond acceptors (Lipinski definition) is 5. The van der Waals surface area contributed by atoms with Crippen molar-refractivity contribution in [2.24, 2.45) is 0 Å². The first-order valence-corrected chi connectivity index (χ1v) is 17.5. The molecule has 5 aromatic rings. The summed E-state index contributed by atoms with van der Waals surface area (Å²) in [6.07, 6.45) is 0.511. The molecule has 0 aliphatic carbocycles. The molecule has 0 radical (unpaired) electrons. The Kier molecular flexibility index (Phi) is 11.7. The highest BCUT2D eigenvalue weighted by molar-refractivity contribution is 5.95. The van der Waals surface area contributed by atoms with Gasteiger partial charge in [-0.2, -0.15) is 13.2 Å². The molecule has 2 heterocycles. The molecule has 0 bridgehead atoms. The van der Waals surface area contributed by atoms with Crippen molar-refractivity contribution in [2.75, 3.05) is 32.7 Å². The number of aryl methyl sites for hydroxylation is 1. The Morgan fingerprint density at radius 1 is 0.827 bits per heavy atom. The molecule has 8 nitrogen and oxygen atoms in total. The van der Waals surface area contributed by atoms with E-state index in [9.17, 15) is 27.6 Å². The third kappa shape index (κ3) is 9.67. The number of rotatable bonds is 14. The van der Waals surface area contributed by atoms with Crippen LogP contribution in [0.1, 0.15) is 46.3 Å². The number of benzene rings is 4. The number of aromatic nitrogens is 1. The van der Waals surface area contributed by atoms with Crippen LogP contribution < -0.4 is 10.1 Å². The Morgan fingerprint density at radius 2 is 1.56 bits per heavy atom. The number of esters is 1. The second kappa shape index (κ2) is 16.7. The second-order valence-electron chi connectivity index (χ2n) is 13.0. The van der Waals surface area contributed by atoms with E-state index in [-0.39, 0.29) is 24.0 Å². The summed E-state index contributed by atoms with van der Waals surface area (Å²) in [5.74, 6) is -2.65. The van der Waals surface area contributed by atoms with Gasteiger partial charge in [0.2, 0.25) is 5.91 Å². The molecule has 0 atom stereocenters. The first-order valence-electron chi connectivity index (χ1n) is 17.5. The Labute approximate surface area is 300 Å². The minimum Gasteiger partial charge on any atom is -0.420 e. The van der Waals surface area contributed by atoms with Gasteiger partial charge in [-0.15, -0.1) is 0 Å². The smallest absolute Gasteiger partial charge is 0.420 e. The van der Waals surface area contributed by atoms with Crippen LogP contribution in [0.15, 0.2) is 103 Å². The number of para-hydroxylation sites is 1. The number of ether oxygens (including phenoxy) is 1. The molecule has 2 N–H and O–H groups in total. The van der Waals surface area contributed by atoms with E-state index in [0.717, 1.165) is 58.4 Å². The van der Waals surface area contributed by atoms with E-state index in [1.54, 1.807) is 23.1 Å². The van der Waals surface area contributed by atoms with E-state index in [2.05, 4.69) is 19.9 Å². The maximum absolute atomic E-state index is 13.8. The average Bonchev–Trinajstić information content (AvgIpc) is 3.83. The van der Waals surface area contributed by atoms with Gasteiger partial charge in [-0.1, -0.05) is 60.7 Å². The fraction of sp³-hybridized carbons (Fsp3) is 0.293. The molecule has 52 heavy (non-hydrogen) atoms. The molecule has 1 saturated heterocycles. The first-order chi connectivity index (χ1) is 25.1. The summed E-state index contributed by atoms with van der Waals surface area (Å²) in [4.78, 5) is 45.4. The minimum atomic E-state index is -5.09. The molecular weight excluding hydrogens is 669 g/mol. The predicted octanol–water partition coefficient (Wildman–Crippen LogP) is 7.33. The van der Waals surface area contributed by atoms with E-state index in [1.807, 2.05) is 72.9 Å². The summed E-state index contributed by atoms with van der Waals surface area (Å²) < 4.78 is 42.3. The van der Waals surface area contributed by atoms with Crippen LogP contribution in [0.3, 0.4) is 0 Å². The lowest BCUT2D eigenvalue weighted by atomic mass is 10.0. The van der Waals surface area contributed by atoms with Gasteiger partial charge in [-0.25, -0.2) is 4.79 Å². The molecular formula is C41H41F3N4O4. The number of carbonyl (C=O) groups is 3. The minimum absolute atomic E-state index is 0.0426. The quantitative estimate of drug-likeness (QED) is 0.0930. The summed E-state index contributed by atoms with van der Waals surface area (Å²) >= 11 is 0. The molecule has 4 aromatic carbocycles. The fourth-order valence-electron chi connectivity index (χ4n) is 6.53. The monoisotopic (exact) mass is 710 g/mol. The van der Waals surface area contributed by atoms with Crippen molar-refractivity contribution < 1.29 is 32.3 Å². The zero-order chi connectivity index (χ0) is 36.5. The number of halogens is 3. The Hall–Kier alpha value is -5.42. The van der Waals surface area contributed by atoms with Gasteiger partial charge in [0.25, 0.3) is 5.91 Å². The van der Waals surface area contributed by atoms with Gasteiger partial charge >= 0.3 is 12.1 Å². The average molecular weight is 711 g/mol. The molecule has 1 aliphatic heterocycles. The van der Waals surface area contributed by atoms with Gasteiger partial charge in [-0.3, -0.25) is 9.59 Å². The van der Waals surface area contributed by atoms with Crippen LogP contribution in [0.4, 0.5) is 13.2 Å². The number of alkyl halides is 3. The van der Waals surface area contributed by atoms with E-state index < -0.39 is 12.1 Å². The molecule has 1 aromatic heterocycles. The number of likely N-dealkylation sites (tertiary alicyclic amines) is 1. The Morgan fingerprint density at radius 3 is 2.33 bits per heavy atom. The topological polar surface area (TPSA) is 94.7 Å². The lowest BCUT2D eigenvalue weighted by molar-refractivity contribution is -0.189. The van der Waals surface area contributed by atoms with Gasteiger partial charge in [0.15, 0.2) is 0 Å². The molecule has 0 spiro atoms. The molecule has 270 valence electrons. The highest BCUT2D eigenvalue weighted by Crippen LogP contribution is 2.25. The normalized spacial score (nSPS) is 13.3. The standard InChI is InChI=1S/C41H41F3N4O4/c42-41(43,44)40(51)52-35-16-13-29(14-17-35)19-23-48(38(49)18-15-34-27-46-37-12-2-1-11-36(34)37)28-30-7-5-8-31(25-30)32-9-6-10-33(26-32)39(50)45-20-24-47-21-3-4-22-47/h1-2,5-14,16-17,25-27,46H,3-4,15,18-24,28H2,(H,45,50). The highest BCUT2D eigenvalue weighted by Gasteiger charge is 2.41. The maximum atomic E-state index is 13.8. The van der Waals surface area contributed by atoms with Gasteiger partial charge in [0.05, 0.1) is 0 Å². The van der Waals surface area contributed by atoms with Gasteiger partial charge in [0, 0.05) is 55.3 Å². The van der Waals surface area contributed by atoms with Crippen LogP contribution in [0.25, 0.3) is 22.0 Å². The zero-order valence-corrected chi connectivity index (χ0v) is 28.8. The molecule has 6 rings (SSSR count). The summed E-state index contributed by atoms with van der Waals surface area (Å²) in [5.41, 5.74) is 6.12. The number of nitrogens with zero attached hydrogens (tertiary/aromatic N) is 2. The van der Waals surface area contributed by atoms with Crippen LogP contribution in [0.5, 0.6) is 5.75 Å². The first kappa shape index (κ1) is 36.4. The van der Waals surface area contributed by atoms with Crippen molar-refractivity contribution in [3.63, 3.8) is 0 Å². The second-order valence-corrected chi connectivity index (χ2v) is 13.0. The van der Waals surface area contributed by atoms with E-state index >= 15 is 0 Å². The maximum Gasteiger partial charge on any atom is 0.491 e. The summed E-state index contributed by atoms with van der Waals surface area (Å²) in [5, 5.41) is 4.11. The number of aromatic amines is 1. The van der Waals surface area contributed by atoms with Crippen LogP contribution in [0.2, 0.25) is 0 Å². The molecule has 0 saturated carbocycles. The van der Waals surface area contributed by atoms with Gasteiger partial charge in [0.1, 0.15) is 5.75 Å². The van der Waals surface area contributed by atoms with Crippen LogP contribution in [0, 0.1) is 0 Å². The van der Waals surface area contributed by atoms with Crippen LogP contribution in [-0.2, 0) is 29.0 Å². The zero-order valence-electron chi connectivity index (χ0n) is 28.8. The van der Waals surface area contributed by atoms with Crippen molar-refractivity contribution in [1.82, 2.24) is 20.1 Å². The summed E-state index contributed by atoms with van der Waals surface area (Å²) in [7, 11) is 0. The lowest BCUT2D eigenvalue weighted by Crippen LogP contribution is -2.33.